The van der Waals surface area contributed by atoms with Crippen molar-refractivity contribution in [3.63, 3.8) is 0 Å². The summed E-state index contributed by atoms with van der Waals surface area (Å²) < 4.78 is 0. The lowest BCUT2D eigenvalue weighted by Crippen LogP contribution is -1.95. The van der Waals surface area contributed by atoms with E-state index in [2.05, 4.69) is 12.1 Å². The summed E-state index contributed by atoms with van der Waals surface area (Å²) in [7, 11) is 0. The highest BCUT2D eigenvalue weighted by Gasteiger charge is 2.12. The molecule has 0 bridgehead atoms. The predicted octanol–water partition coefficient (Wildman–Crippen LogP) is 4.22. The van der Waals surface area contributed by atoms with E-state index in [1.807, 2.05) is 48.5 Å². The second-order valence-corrected chi connectivity index (χ2v) is 5.37. The highest BCUT2D eigenvalue weighted by Crippen LogP contribution is 2.37. The first-order valence-electron chi connectivity index (χ1n) is 7.17. The summed E-state index contributed by atoms with van der Waals surface area (Å²) in [6.07, 6.45) is 0. The summed E-state index contributed by atoms with van der Waals surface area (Å²) in [6, 6.07) is 21.9. The first kappa shape index (κ1) is 12.7. The zero-order valence-electron chi connectivity index (χ0n) is 12.0. The van der Waals surface area contributed by atoms with Crippen LogP contribution in [0.15, 0.2) is 66.7 Å². The summed E-state index contributed by atoms with van der Waals surface area (Å²) in [6.45, 7) is 0. The largest absolute Gasteiger partial charge is 0.399 e. The van der Waals surface area contributed by atoms with Gasteiger partial charge in [-0.25, -0.2) is 4.98 Å². The van der Waals surface area contributed by atoms with E-state index in [0.29, 0.717) is 11.4 Å². The maximum absolute atomic E-state index is 6.24. The van der Waals surface area contributed by atoms with Crippen LogP contribution in [0.5, 0.6) is 0 Å². The minimum Gasteiger partial charge on any atom is -0.399 e. The molecule has 0 atom stereocenters. The van der Waals surface area contributed by atoms with E-state index in [9.17, 15) is 0 Å². The van der Waals surface area contributed by atoms with Gasteiger partial charge in [0.25, 0.3) is 0 Å². The highest BCUT2D eigenvalue weighted by molar-refractivity contribution is 6.11. The van der Waals surface area contributed by atoms with E-state index >= 15 is 0 Å². The van der Waals surface area contributed by atoms with Crippen LogP contribution in [0.1, 0.15) is 0 Å². The van der Waals surface area contributed by atoms with Crippen molar-refractivity contribution in [2.45, 2.75) is 0 Å². The maximum atomic E-state index is 6.24. The number of fused-ring (bicyclic) bond motifs is 2. The molecule has 0 aliphatic carbocycles. The van der Waals surface area contributed by atoms with E-state index in [1.165, 1.54) is 0 Å². The highest BCUT2D eigenvalue weighted by atomic mass is 14.7. The van der Waals surface area contributed by atoms with E-state index < -0.39 is 0 Å². The van der Waals surface area contributed by atoms with Crippen molar-refractivity contribution in [1.29, 1.82) is 0 Å². The van der Waals surface area contributed by atoms with Crippen LogP contribution in [0.3, 0.4) is 0 Å². The molecule has 0 spiro atoms. The molecule has 4 aromatic rings. The van der Waals surface area contributed by atoms with Gasteiger partial charge in [0, 0.05) is 33.3 Å². The fraction of sp³-hybridized carbons (Fsp3) is 0. The smallest absolute Gasteiger partial charge is 0.0715 e. The number of anilines is 2. The number of nitrogens with two attached hydrogens (primary N) is 2. The average Bonchev–Trinajstić information content (AvgIpc) is 2.53. The number of aromatic nitrogens is 1. The molecule has 0 amide bonds. The van der Waals surface area contributed by atoms with Crippen LogP contribution in [0.25, 0.3) is 32.9 Å². The Balaban J connectivity index is 2.21. The number of hydrogen-bond donors (Lipinski definition) is 2. The van der Waals surface area contributed by atoms with Gasteiger partial charge in [0.05, 0.1) is 11.0 Å². The number of benzene rings is 3. The summed E-state index contributed by atoms with van der Waals surface area (Å²) in [5.41, 5.74) is 17.5. The quantitative estimate of drug-likeness (QED) is 0.406. The minimum atomic E-state index is 0.670. The van der Waals surface area contributed by atoms with Gasteiger partial charge in [-0.15, -0.1) is 0 Å². The molecular weight excluding hydrogens is 270 g/mol. The molecule has 0 saturated heterocycles. The third-order valence-corrected chi connectivity index (χ3v) is 3.93. The van der Waals surface area contributed by atoms with Crippen molar-refractivity contribution in [3.05, 3.63) is 66.7 Å². The molecular formula is C19H15N3. The minimum absolute atomic E-state index is 0.670. The van der Waals surface area contributed by atoms with Crippen molar-refractivity contribution in [2.24, 2.45) is 0 Å². The van der Waals surface area contributed by atoms with Crippen molar-refractivity contribution in [1.82, 2.24) is 4.98 Å². The molecule has 0 fully saturated rings. The van der Waals surface area contributed by atoms with Gasteiger partial charge in [-0.3, -0.25) is 0 Å². The van der Waals surface area contributed by atoms with Crippen LogP contribution in [-0.2, 0) is 0 Å². The molecule has 4 N–H and O–H groups in total. The second-order valence-electron chi connectivity index (χ2n) is 5.37. The van der Waals surface area contributed by atoms with Crippen LogP contribution in [0.4, 0.5) is 11.4 Å². The molecule has 1 heterocycles. The third-order valence-electron chi connectivity index (χ3n) is 3.93. The Labute approximate surface area is 128 Å². The lowest BCUT2D eigenvalue weighted by Gasteiger charge is -2.13. The zero-order valence-corrected chi connectivity index (χ0v) is 12.0. The van der Waals surface area contributed by atoms with Crippen molar-refractivity contribution >= 4 is 33.2 Å². The first-order valence-corrected chi connectivity index (χ1v) is 7.17. The SMILES string of the molecule is Nc1ccc(-c2c3ccccc3nc3ccccc23)c(N)c1. The normalized spacial score (nSPS) is 11.1. The Morgan fingerprint density at radius 2 is 1.27 bits per heavy atom. The Morgan fingerprint density at radius 3 is 1.86 bits per heavy atom. The summed E-state index contributed by atoms with van der Waals surface area (Å²) in [5.74, 6) is 0. The molecule has 0 aliphatic rings. The molecule has 0 aliphatic heterocycles. The average molecular weight is 285 g/mol. The van der Waals surface area contributed by atoms with Crippen molar-refractivity contribution in [3.8, 4) is 11.1 Å². The van der Waals surface area contributed by atoms with Gasteiger partial charge in [0.1, 0.15) is 0 Å². The molecule has 1 aromatic heterocycles. The van der Waals surface area contributed by atoms with E-state index in [-0.39, 0.29) is 0 Å². The lowest BCUT2D eigenvalue weighted by atomic mass is 9.95. The molecule has 4 rings (SSSR count). The number of rotatable bonds is 1. The lowest BCUT2D eigenvalue weighted by molar-refractivity contribution is 1.49. The summed E-state index contributed by atoms with van der Waals surface area (Å²) in [5, 5.41) is 2.19. The Kier molecular flexibility index (Phi) is 2.73. The fourth-order valence-electron chi connectivity index (χ4n) is 2.94. The number of pyridine rings is 1. The zero-order chi connectivity index (χ0) is 15.1. The molecule has 0 radical (unpaired) electrons. The Morgan fingerprint density at radius 1 is 0.682 bits per heavy atom. The third kappa shape index (κ3) is 1.87. The van der Waals surface area contributed by atoms with Gasteiger partial charge in [-0.1, -0.05) is 42.5 Å². The van der Waals surface area contributed by atoms with E-state index in [0.717, 1.165) is 32.9 Å². The van der Waals surface area contributed by atoms with E-state index in [1.54, 1.807) is 6.07 Å². The standard InChI is InChI=1S/C19H15N3/c20-12-9-10-13(16(21)11-12)19-14-5-1-3-7-17(14)22-18-8-4-2-6-15(18)19/h1-11H,20-21H2. The molecule has 3 heteroatoms. The maximum Gasteiger partial charge on any atom is 0.0715 e. The number of para-hydroxylation sites is 2. The number of nitrogen functional groups attached to an aromatic ring is 2. The van der Waals surface area contributed by atoms with Gasteiger partial charge >= 0.3 is 0 Å². The summed E-state index contributed by atoms with van der Waals surface area (Å²) >= 11 is 0. The molecule has 3 nitrogen and oxygen atoms in total. The van der Waals surface area contributed by atoms with Gasteiger partial charge in [0.2, 0.25) is 0 Å². The van der Waals surface area contributed by atoms with Crippen LogP contribution < -0.4 is 11.5 Å². The molecule has 3 aromatic carbocycles. The molecule has 0 saturated carbocycles. The number of hydrogen-bond acceptors (Lipinski definition) is 3. The van der Waals surface area contributed by atoms with Crippen LogP contribution in [-0.4, -0.2) is 4.98 Å². The molecule has 22 heavy (non-hydrogen) atoms. The predicted molar refractivity (Wildman–Crippen MR) is 93.5 cm³/mol. The monoisotopic (exact) mass is 285 g/mol. The second kappa shape index (κ2) is 4.74. The topological polar surface area (TPSA) is 64.9 Å². The van der Waals surface area contributed by atoms with Crippen molar-refractivity contribution < 1.29 is 0 Å². The van der Waals surface area contributed by atoms with E-state index in [4.69, 9.17) is 16.5 Å². The Hall–Kier alpha value is -3.07. The molecule has 106 valence electrons. The Bertz CT molecular complexity index is 952. The van der Waals surface area contributed by atoms with Crippen LogP contribution >= 0.6 is 0 Å². The van der Waals surface area contributed by atoms with Gasteiger partial charge in [0.15, 0.2) is 0 Å². The van der Waals surface area contributed by atoms with Gasteiger partial charge in [-0.2, -0.15) is 0 Å². The first-order chi connectivity index (χ1) is 10.7. The molecule has 0 unspecified atom stereocenters. The van der Waals surface area contributed by atoms with Crippen molar-refractivity contribution in [2.75, 3.05) is 11.5 Å². The number of nitrogens with zero attached hydrogens (tertiary/aromatic N) is 1. The summed E-state index contributed by atoms with van der Waals surface area (Å²) in [4.78, 5) is 4.75. The van der Waals surface area contributed by atoms with Crippen LogP contribution in [0.2, 0.25) is 0 Å². The fourth-order valence-corrected chi connectivity index (χ4v) is 2.94. The van der Waals surface area contributed by atoms with Gasteiger partial charge in [-0.05, 0) is 24.3 Å². The van der Waals surface area contributed by atoms with Gasteiger partial charge < -0.3 is 11.5 Å². The van der Waals surface area contributed by atoms with Crippen LogP contribution in [0, 0.1) is 0 Å².